The van der Waals surface area contributed by atoms with Crippen molar-refractivity contribution in [2.75, 3.05) is 6.61 Å². The number of nitrogens with zero attached hydrogens (tertiary/aromatic N) is 2. The van der Waals surface area contributed by atoms with E-state index in [1.54, 1.807) is 30.3 Å². The number of benzene rings is 3. The van der Waals surface area contributed by atoms with E-state index < -0.39 is 0 Å². The van der Waals surface area contributed by atoms with Gasteiger partial charge in [-0.3, -0.25) is 4.79 Å². The molecule has 158 valence electrons. The van der Waals surface area contributed by atoms with E-state index in [2.05, 4.69) is 14.9 Å². The van der Waals surface area contributed by atoms with E-state index in [9.17, 15) is 4.79 Å². The number of hydrogen-bond acceptors (Lipinski definition) is 3. The number of imidazole rings is 1. The number of nitrogens with one attached hydrogen (secondary N) is 1. The number of fused-ring (bicyclic) bond motifs is 1. The average Bonchev–Trinajstić information content (AvgIpc) is 3.12. The zero-order valence-corrected chi connectivity index (χ0v) is 18.6. The molecule has 4 aromatic rings. The summed E-state index contributed by atoms with van der Waals surface area (Å²) >= 11 is 18.1. The Bertz CT molecular complexity index is 1220. The normalized spacial score (nSPS) is 10.9. The molecular formula is C23H18Cl3N3O2. The standard InChI is InChI=1S/C23H18Cl3N3O2/c24-16-6-8-17(9-7-16)31-14-23(30)27-12-22-28-20-3-1-2-4-21(20)29(22)13-15-5-10-18(25)19(26)11-15/h1-11H,12-14H2,(H,27,30). The molecule has 0 atom stereocenters. The molecule has 0 saturated heterocycles. The number of rotatable bonds is 7. The van der Waals surface area contributed by atoms with Crippen LogP contribution in [-0.2, 0) is 17.9 Å². The molecular weight excluding hydrogens is 457 g/mol. The van der Waals surface area contributed by atoms with E-state index >= 15 is 0 Å². The van der Waals surface area contributed by atoms with Crippen LogP contribution in [-0.4, -0.2) is 22.1 Å². The van der Waals surface area contributed by atoms with Crippen LogP contribution >= 0.6 is 34.8 Å². The highest BCUT2D eigenvalue weighted by molar-refractivity contribution is 6.42. The number of amides is 1. The zero-order chi connectivity index (χ0) is 21.8. The van der Waals surface area contributed by atoms with Gasteiger partial charge in [-0.25, -0.2) is 4.98 Å². The first kappa shape index (κ1) is 21.5. The number of para-hydroxylation sites is 2. The van der Waals surface area contributed by atoms with Crippen LogP contribution in [0.15, 0.2) is 66.7 Å². The number of ether oxygens (including phenoxy) is 1. The number of carbonyl (C=O) groups excluding carboxylic acids is 1. The van der Waals surface area contributed by atoms with Gasteiger partial charge in [-0.1, -0.05) is 53.0 Å². The van der Waals surface area contributed by atoms with Crippen molar-refractivity contribution in [3.8, 4) is 5.75 Å². The molecule has 0 saturated carbocycles. The van der Waals surface area contributed by atoms with Gasteiger partial charge in [-0.05, 0) is 54.1 Å². The third kappa shape index (κ3) is 5.31. The molecule has 0 radical (unpaired) electrons. The zero-order valence-electron chi connectivity index (χ0n) is 16.3. The maximum absolute atomic E-state index is 12.3. The third-order valence-corrected chi connectivity index (χ3v) is 5.68. The van der Waals surface area contributed by atoms with Crippen molar-refractivity contribution in [1.29, 1.82) is 0 Å². The number of hydrogen-bond donors (Lipinski definition) is 1. The largest absolute Gasteiger partial charge is 0.484 e. The maximum Gasteiger partial charge on any atom is 0.258 e. The van der Waals surface area contributed by atoms with Crippen molar-refractivity contribution in [3.63, 3.8) is 0 Å². The lowest BCUT2D eigenvalue weighted by molar-refractivity contribution is -0.123. The van der Waals surface area contributed by atoms with Crippen LogP contribution < -0.4 is 10.1 Å². The molecule has 1 heterocycles. The first-order chi connectivity index (χ1) is 15.0. The van der Waals surface area contributed by atoms with E-state index in [-0.39, 0.29) is 19.1 Å². The molecule has 5 nitrogen and oxygen atoms in total. The fourth-order valence-corrected chi connectivity index (χ4v) is 3.61. The van der Waals surface area contributed by atoms with E-state index in [0.29, 0.717) is 27.4 Å². The number of aromatic nitrogens is 2. The monoisotopic (exact) mass is 473 g/mol. The van der Waals surface area contributed by atoms with Gasteiger partial charge in [0, 0.05) is 11.6 Å². The molecule has 1 aromatic heterocycles. The highest BCUT2D eigenvalue weighted by Crippen LogP contribution is 2.24. The maximum atomic E-state index is 12.3. The second-order valence-corrected chi connectivity index (χ2v) is 8.12. The molecule has 1 amide bonds. The van der Waals surface area contributed by atoms with Crippen molar-refractivity contribution in [1.82, 2.24) is 14.9 Å². The van der Waals surface area contributed by atoms with Gasteiger partial charge < -0.3 is 14.6 Å². The summed E-state index contributed by atoms with van der Waals surface area (Å²) in [6.07, 6.45) is 0. The summed E-state index contributed by atoms with van der Waals surface area (Å²) in [5, 5.41) is 4.48. The Hall–Kier alpha value is -2.73. The lowest BCUT2D eigenvalue weighted by atomic mass is 10.2. The first-order valence-corrected chi connectivity index (χ1v) is 10.7. The molecule has 0 aliphatic heterocycles. The molecule has 8 heteroatoms. The molecule has 0 bridgehead atoms. The summed E-state index contributed by atoms with van der Waals surface area (Å²) in [5.74, 6) is 1.06. The Morgan fingerprint density at radius 1 is 0.968 bits per heavy atom. The minimum Gasteiger partial charge on any atom is -0.484 e. The van der Waals surface area contributed by atoms with Gasteiger partial charge in [0.1, 0.15) is 11.6 Å². The van der Waals surface area contributed by atoms with Gasteiger partial charge in [0.2, 0.25) is 0 Å². The van der Waals surface area contributed by atoms with Crippen LogP contribution in [0, 0.1) is 0 Å². The lowest BCUT2D eigenvalue weighted by Gasteiger charge is -2.11. The predicted octanol–water partition coefficient (Wildman–Crippen LogP) is 5.74. The van der Waals surface area contributed by atoms with Gasteiger partial charge >= 0.3 is 0 Å². The lowest BCUT2D eigenvalue weighted by Crippen LogP contribution is -2.29. The Morgan fingerprint density at radius 2 is 1.74 bits per heavy atom. The van der Waals surface area contributed by atoms with Gasteiger partial charge in [0.05, 0.1) is 27.6 Å². The first-order valence-electron chi connectivity index (χ1n) is 9.53. The van der Waals surface area contributed by atoms with Crippen molar-refractivity contribution in [3.05, 3.63) is 93.2 Å². The second kappa shape index (κ2) is 9.60. The second-order valence-electron chi connectivity index (χ2n) is 6.87. The van der Waals surface area contributed by atoms with Crippen LogP contribution in [0.1, 0.15) is 11.4 Å². The summed E-state index contributed by atoms with van der Waals surface area (Å²) in [4.78, 5) is 17.0. The summed E-state index contributed by atoms with van der Waals surface area (Å²) < 4.78 is 7.55. The van der Waals surface area contributed by atoms with E-state index in [4.69, 9.17) is 39.5 Å². The Labute approximate surface area is 194 Å². The van der Waals surface area contributed by atoms with Crippen molar-refractivity contribution in [2.24, 2.45) is 0 Å². The minimum absolute atomic E-state index is 0.103. The molecule has 4 rings (SSSR count). The molecule has 0 aliphatic rings. The van der Waals surface area contributed by atoms with Crippen LogP contribution in [0.4, 0.5) is 0 Å². The summed E-state index contributed by atoms with van der Waals surface area (Å²) in [6.45, 7) is 0.706. The SMILES string of the molecule is O=C(COc1ccc(Cl)cc1)NCc1nc2ccccc2n1Cc1ccc(Cl)c(Cl)c1. The Morgan fingerprint density at radius 3 is 2.52 bits per heavy atom. The smallest absolute Gasteiger partial charge is 0.258 e. The Balaban J connectivity index is 1.47. The molecule has 1 N–H and O–H groups in total. The molecule has 31 heavy (non-hydrogen) atoms. The fraction of sp³-hybridized carbons (Fsp3) is 0.130. The van der Waals surface area contributed by atoms with Gasteiger partial charge in [0.25, 0.3) is 5.91 Å². The van der Waals surface area contributed by atoms with Crippen molar-refractivity contribution < 1.29 is 9.53 Å². The van der Waals surface area contributed by atoms with E-state index in [1.807, 2.05) is 36.4 Å². The van der Waals surface area contributed by atoms with Crippen molar-refractivity contribution in [2.45, 2.75) is 13.1 Å². The van der Waals surface area contributed by atoms with E-state index in [0.717, 1.165) is 22.4 Å². The molecule has 0 unspecified atom stereocenters. The number of carbonyl (C=O) groups is 1. The highest BCUT2D eigenvalue weighted by Gasteiger charge is 2.13. The highest BCUT2D eigenvalue weighted by atomic mass is 35.5. The molecule has 0 spiro atoms. The average molecular weight is 475 g/mol. The van der Waals surface area contributed by atoms with Gasteiger partial charge in [0.15, 0.2) is 6.61 Å². The fourth-order valence-electron chi connectivity index (χ4n) is 3.17. The van der Waals surface area contributed by atoms with E-state index in [1.165, 1.54) is 0 Å². The van der Waals surface area contributed by atoms with Crippen LogP contribution in [0.3, 0.4) is 0 Å². The summed E-state index contributed by atoms with van der Waals surface area (Å²) in [6, 6.07) is 20.2. The van der Waals surface area contributed by atoms with Gasteiger partial charge in [-0.2, -0.15) is 0 Å². The van der Waals surface area contributed by atoms with Crippen LogP contribution in [0.25, 0.3) is 11.0 Å². The third-order valence-electron chi connectivity index (χ3n) is 4.69. The number of halogens is 3. The van der Waals surface area contributed by atoms with Gasteiger partial charge in [-0.15, -0.1) is 0 Å². The molecule has 3 aromatic carbocycles. The quantitative estimate of drug-likeness (QED) is 0.371. The summed E-state index contributed by atoms with van der Waals surface area (Å²) in [5.41, 5.74) is 2.80. The van der Waals surface area contributed by atoms with Crippen LogP contribution in [0.2, 0.25) is 15.1 Å². The predicted molar refractivity (Wildman–Crippen MR) is 124 cm³/mol. The summed E-state index contributed by atoms with van der Waals surface area (Å²) in [7, 11) is 0. The topological polar surface area (TPSA) is 56.1 Å². The molecule has 0 fully saturated rings. The van der Waals surface area contributed by atoms with Crippen molar-refractivity contribution >= 4 is 51.7 Å². The molecule has 0 aliphatic carbocycles. The minimum atomic E-state index is -0.247. The van der Waals surface area contributed by atoms with Crippen LogP contribution in [0.5, 0.6) is 5.75 Å². The Kier molecular flexibility index (Phi) is 6.66.